The number of carbonyl (C=O) groups is 2. The first-order valence-electron chi connectivity index (χ1n) is 3.60. The van der Waals surface area contributed by atoms with Gasteiger partial charge in [-0.2, -0.15) is 0 Å². The molecule has 13 heavy (non-hydrogen) atoms. The molecule has 0 saturated heterocycles. The SMILES string of the molecule is O=C(CI)OC(=O)c1ccccc1. The van der Waals surface area contributed by atoms with Crippen molar-refractivity contribution in [2.75, 3.05) is 4.43 Å². The number of rotatable bonds is 2. The van der Waals surface area contributed by atoms with E-state index in [0.717, 1.165) is 0 Å². The van der Waals surface area contributed by atoms with Crippen LogP contribution in [0, 0.1) is 0 Å². The minimum absolute atomic E-state index is 0.177. The second-order valence-corrected chi connectivity index (χ2v) is 3.02. The van der Waals surface area contributed by atoms with E-state index in [1.807, 2.05) is 22.6 Å². The van der Waals surface area contributed by atoms with Gasteiger partial charge in [0.1, 0.15) is 0 Å². The maximum absolute atomic E-state index is 11.2. The Hall–Kier alpha value is -0.910. The zero-order chi connectivity index (χ0) is 9.68. The molecular formula is C9H7IO3. The molecule has 68 valence electrons. The summed E-state index contributed by atoms with van der Waals surface area (Å²) in [5.41, 5.74) is 0.390. The lowest BCUT2D eigenvalue weighted by Crippen LogP contribution is -2.12. The van der Waals surface area contributed by atoms with Crippen LogP contribution in [0.15, 0.2) is 30.3 Å². The monoisotopic (exact) mass is 290 g/mol. The van der Waals surface area contributed by atoms with Crippen LogP contribution >= 0.6 is 22.6 Å². The standard InChI is InChI=1S/C9H7IO3/c10-6-8(11)13-9(12)7-4-2-1-3-5-7/h1-5H,6H2. The molecule has 0 heterocycles. The van der Waals surface area contributed by atoms with Crippen molar-refractivity contribution in [1.82, 2.24) is 0 Å². The van der Waals surface area contributed by atoms with Gasteiger partial charge >= 0.3 is 11.9 Å². The summed E-state index contributed by atoms with van der Waals surface area (Å²) in [4.78, 5) is 21.9. The lowest BCUT2D eigenvalue weighted by Gasteiger charge is -1.99. The van der Waals surface area contributed by atoms with E-state index < -0.39 is 11.9 Å². The minimum atomic E-state index is -0.595. The second kappa shape index (κ2) is 4.96. The Bertz CT molecular complexity index is 308. The van der Waals surface area contributed by atoms with Crippen molar-refractivity contribution in [3.05, 3.63) is 35.9 Å². The van der Waals surface area contributed by atoms with Crippen molar-refractivity contribution in [3.63, 3.8) is 0 Å². The zero-order valence-electron chi connectivity index (χ0n) is 6.70. The van der Waals surface area contributed by atoms with Crippen LogP contribution < -0.4 is 0 Å². The molecule has 0 N–H and O–H groups in total. The van der Waals surface area contributed by atoms with Crippen molar-refractivity contribution >= 4 is 34.5 Å². The molecule has 0 aliphatic rings. The predicted molar refractivity (Wildman–Crippen MR) is 55.8 cm³/mol. The van der Waals surface area contributed by atoms with Crippen LogP contribution in [-0.2, 0) is 9.53 Å². The lowest BCUT2D eigenvalue weighted by molar-refractivity contribution is -0.134. The fraction of sp³-hybridized carbons (Fsp3) is 0.111. The van der Waals surface area contributed by atoms with Gasteiger partial charge in [-0.1, -0.05) is 40.8 Å². The van der Waals surface area contributed by atoms with Crippen LogP contribution in [0.5, 0.6) is 0 Å². The molecule has 1 aromatic rings. The van der Waals surface area contributed by atoms with E-state index >= 15 is 0 Å². The Kier molecular flexibility index (Phi) is 3.88. The number of hydrogen-bond acceptors (Lipinski definition) is 3. The van der Waals surface area contributed by atoms with E-state index in [1.165, 1.54) is 0 Å². The van der Waals surface area contributed by atoms with Crippen LogP contribution in [-0.4, -0.2) is 16.4 Å². The molecule has 4 heteroatoms. The van der Waals surface area contributed by atoms with E-state index in [1.54, 1.807) is 30.3 Å². The van der Waals surface area contributed by atoms with E-state index in [4.69, 9.17) is 0 Å². The first-order valence-corrected chi connectivity index (χ1v) is 5.12. The number of esters is 2. The van der Waals surface area contributed by atoms with Crippen molar-refractivity contribution in [3.8, 4) is 0 Å². The molecule has 0 amide bonds. The molecule has 3 nitrogen and oxygen atoms in total. The maximum Gasteiger partial charge on any atom is 0.345 e. The highest BCUT2D eigenvalue weighted by Crippen LogP contribution is 2.01. The smallest absolute Gasteiger partial charge is 0.345 e. The molecule has 0 aliphatic carbocycles. The number of alkyl halides is 1. The third-order valence-corrected chi connectivity index (χ3v) is 1.95. The summed E-state index contributed by atoms with van der Waals surface area (Å²) in [7, 11) is 0. The average molecular weight is 290 g/mol. The molecule has 0 aliphatic heterocycles. The molecule has 0 saturated carbocycles. The Morgan fingerprint density at radius 3 is 2.38 bits per heavy atom. The van der Waals surface area contributed by atoms with Gasteiger partial charge in [0.2, 0.25) is 0 Å². The lowest BCUT2D eigenvalue weighted by atomic mass is 10.2. The van der Waals surface area contributed by atoms with Crippen LogP contribution in [0.4, 0.5) is 0 Å². The Balaban J connectivity index is 2.65. The molecule has 0 aromatic heterocycles. The molecular weight excluding hydrogens is 283 g/mol. The topological polar surface area (TPSA) is 43.4 Å². The Labute approximate surface area is 89.2 Å². The van der Waals surface area contributed by atoms with E-state index in [9.17, 15) is 9.59 Å². The van der Waals surface area contributed by atoms with Gasteiger partial charge in [-0.25, -0.2) is 4.79 Å². The second-order valence-electron chi connectivity index (χ2n) is 2.26. The van der Waals surface area contributed by atoms with Gasteiger partial charge in [-0.05, 0) is 12.1 Å². The molecule has 0 bridgehead atoms. The molecule has 1 rings (SSSR count). The van der Waals surface area contributed by atoms with Crippen molar-refractivity contribution in [1.29, 1.82) is 0 Å². The van der Waals surface area contributed by atoms with E-state index in [2.05, 4.69) is 4.74 Å². The Morgan fingerprint density at radius 2 is 1.85 bits per heavy atom. The molecule has 0 fully saturated rings. The summed E-state index contributed by atoms with van der Waals surface area (Å²) in [6.45, 7) is 0. The highest BCUT2D eigenvalue weighted by molar-refractivity contribution is 14.1. The van der Waals surface area contributed by atoms with E-state index in [-0.39, 0.29) is 4.43 Å². The summed E-state index contributed by atoms with van der Waals surface area (Å²) in [6.07, 6.45) is 0. The van der Waals surface area contributed by atoms with Gasteiger partial charge in [0.05, 0.1) is 9.99 Å². The molecule has 0 radical (unpaired) electrons. The number of hydrogen-bond donors (Lipinski definition) is 0. The fourth-order valence-corrected chi connectivity index (χ4v) is 0.920. The van der Waals surface area contributed by atoms with Crippen molar-refractivity contribution < 1.29 is 14.3 Å². The summed E-state index contributed by atoms with van der Waals surface area (Å²) in [5.74, 6) is -1.11. The van der Waals surface area contributed by atoms with Crippen LogP contribution in [0.1, 0.15) is 10.4 Å². The summed E-state index contributed by atoms with van der Waals surface area (Å²) >= 11 is 1.84. The number of ether oxygens (including phenoxy) is 1. The van der Waals surface area contributed by atoms with Crippen molar-refractivity contribution in [2.45, 2.75) is 0 Å². The van der Waals surface area contributed by atoms with Crippen LogP contribution in [0.25, 0.3) is 0 Å². The predicted octanol–water partition coefficient (Wildman–Crippen LogP) is 1.81. The van der Waals surface area contributed by atoms with Gasteiger partial charge in [-0.15, -0.1) is 0 Å². The summed E-state index contributed by atoms with van der Waals surface area (Å²) < 4.78 is 4.68. The minimum Gasteiger partial charge on any atom is -0.389 e. The molecule has 1 aromatic carbocycles. The third kappa shape index (κ3) is 3.14. The number of benzene rings is 1. The molecule has 0 spiro atoms. The third-order valence-electron chi connectivity index (χ3n) is 1.33. The largest absolute Gasteiger partial charge is 0.389 e. The van der Waals surface area contributed by atoms with Gasteiger partial charge < -0.3 is 4.74 Å². The number of carbonyl (C=O) groups excluding carboxylic acids is 2. The fourth-order valence-electron chi connectivity index (χ4n) is 0.764. The van der Waals surface area contributed by atoms with Gasteiger partial charge in [0.15, 0.2) is 0 Å². The quantitative estimate of drug-likeness (QED) is 0.361. The summed E-state index contributed by atoms with van der Waals surface area (Å²) in [6, 6.07) is 8.42. The van der Waals surface area contributed by atoms with Gasteiger partial charge in [0, 0.05) is 0 Å². The van der Waals surface area contributed by atoms with E-state index in [0.29, 0.717) is 5.56 Å². The maximum atomic E-state index is 11.2. The van der Waals surface area contributed by atoms with Gasteiger partial charge in [-0.3, -0.25) is 4.79 Å². The normalized spacial score (nSPS) is 9.31. The highest BCUT2D eigenvalue weighted by Gasteiger charge is 2.10. The molecule has 0 unspecified atom stereocenters. The highest BCUT2D eigenvalue weighted by atomic mass is 127. The molecule has 0 atom stereocenters. The van der Waals surface area contributed by atoms with Crippen LogP contribution in [0.2, 0.25) is 0 Å². The first kappa shape index (κ1) is 10.2. The number of halogens is 1. The zero-order valence-corrected chi connectivity index (χ0v) is 8.85. The first-order chi connectivity index (χ1) is 6.24. The van der Waals surface area contributed by atoms with Crippen molar-refractivity contribution in [2.24, 2.45) is 0 Å². The Morgan fingerprint density at radius 1 is 1.23 bits per heavy atom. The van der Waals surface area contributed by atoms with Gasteiger partial charge in [0.25, 0.3) is 0 Å². The average Bonchev–Trinajstić information content (AvgIpc) is 2.19. The summed E-state index contributed by atoms with van der Waals surface area (Å²) in [5, 5.41) is 0. The van der Waals surface area contributed by atoms with Crippen LogP contribution in [0.3, 0.4) is 0 Å².